The van der Waals surface area contributed by atoms with Gasteiger partial charge in [-0.3, -0.25) is 0 Å². The van der Waals surface area contributed by atoms with E-state index >= 15 is 0 Å². The van der Waals surface area contributed by atoms with Gasteiger partial charge in [-0.25, -0.2) is 0 Å². The van der Waals surface area contributed by atoms with Crippen molar-refractivity contribution < 1.29 is 10.2 Å². The quantitative estimate of drug-likeness (QED) is 0.828. The number of hydrogen-bond donors (Lipinski definition) is 2. The molecule has 0 aliphatic carbocycles. The molecule has 76 valence electrons. The molecule has 0 aliphatic rings. The topological polar surface area (TPSA) is 40.5 Å². The molecule has 0 atom stereocenters. The van der Waals surface area contributed by atoms with Gasteiger partial charge in [0.25, 0.3) is 0 Å². The summed E-state index contributed by atoms with van der Waals surface area (Å²) in [5.41, 5.74) is 1.73. The normalized spacial score (nSPS) is 10.2. The van der Waals surface area contributed by atoms with Gasteiger partial charge in [0.1, 0.15) is 11.5 Å². The molecule has 15 heavy (non-hydrogen) atoms. The average Bonchev–Trinajstić information content (AvgIpc) is 2.16. The van der Waals surface area contributed by atoms with Crippen LogP contribution in [0.15, 0.2) is 46.9 Å². The minimum atomic E-state index is 0.197. The summed E-state index contributed by atoms with van der Waals surface area (Å²) in [7, 11) is 0. The third kappa shape index (κ3) is 2.30. The highest BCUT2D eigenvalue weighted by Gasteiger charge is 2.01. The maximum atomic E-state index is 9.43. The van der Waals surface area contributed by atoms with Crippen LogP contribution in [0.4, 0.5) is 0 Å². The van der Waals surface area contributed by atoms with E-state index in [1.54, 1.807) is 30.3 Å². The molecular formula is C12H9BrO2. The first-order valence-electron chi connectivity index (χ1n) is 4.44. The predicted octanol–water partition coefficient (Wildman–Crippen LogP) is 3.53. The van der Waals surface area contributed by atoms with Crippen LogP contribution in [-0.4, -0.2) is 10.2 Å². The molecule has 0 spiro atoms. The first-order chi connectivity index (χ1) is 7.15. The van der Waals surface area contributed by atoms with E-state index in [0.29, 0.717) is 0 Å². The molecule has 0 radical (unpaired) electrons. The van der Waals surface area contributed by atoms with Crippen molar-refractivity contribution in [1.82, 2.24) is 0 Å². The maximum Gasteiger partial charge on any atom is 0.117 e. The molecule has 2 nitrogen and oxygen atoms in total. The van der Waals surface area contributed by atoms with E-state index in [1.165, 1.54) is 0 Å². The maximum absolute atomic E-state index is 9.43. The van der Waals surface area contributed by atoms with Crippen LogP contribution >= 0.6 is 15.9 Å². The van der Waals surface area contributed by atoms with E-state index in [9.17, 15) is 10.2 Å². The van der Waals surface area contributed by atoms with E-state index in [0.717, 1.165) is 15.6 Å². The minimum absolute atomic E-state index is 0.197. The van der Waals surface area contributed by atoms with Crippen LogP contribution in [0.1, 0.15) is 0 Å². The van der Waals surface area contributed by atoms with Crippen molar-refractivity contribution in [2.75, 3.05) is 0 Å². The predicted molar refractivity (Wildman–Crippen MR) is 62.9 cm³/mol. The fourth-order valence-corrected chi connectivity index (χ4v) is 1.91. The van der Waals surface area contributed by atoms with Crippen LogP contribution in [-0.2, 0) is 0 Å². The number of hydrogen-bond acceptors (Lipinski definition) is 2. The van der Waals surface area contributed by atoms with Crippen LogP contribution in [0.3, 0.4) is 0 Å². The first kappa shape index (κ1) is 10.1. The van der Waals surface area contributed by atoms with E-state index in [2.05, 4.69) is 15.9 Å². The van der Waals surface area contributed by atoms with E-state index in [1.807, 2.05) is 12.1 Å². The number of phenolic OH excluding ortho intramolecular Hbond substituents is 2. The monoisotopic (exact) mass is 264 g/mol. The Labute approximate surface area is 95.9 Å². The second-order valence-electron chi connectivity index (χ2n) is 3.25. The molecule has 0 aliphatic heterocycles. The lowest BCUT2D eigenvalue weighted by Gasteiger charge is -2.04. The van der Waals surface area contributed by atoms with Crippen LogP contribution < -0.4 is 0 Å². The van der Waals surface area contributed by atoms with Gasteiger partial charge in [0.2, 0.25) is 0 Å². The molecule has 0 fully saturated rings. The van der Waals surface area contributed by atoms with Crippen molar-refractivity contribution in [2.45, 2.75) is 0 Å². The minimum Gasteiger partial charge on any atom is -0.508 e. The molecule has 2 aromatic carbocycles. The third-order valence-corrected chi connectivity index (χ3v) is 2.52. The van der Waals surface area contributed by atoms with E-state index in [4.69, 9.17) is 0 Å². The van der Waals surface area contributed by atoms with E-state index < -0.39 is 0 Å². The lowest BCUT2D eigenvalue weighted by Crippen LogP contribution is -1.78. The summed E-state index contributed by atoms with van der Waals surface area (Å²) in [6.45, 7) is 0. The van der Waals surface area contributed by atoms with Crippen LogP contribution in [0, 0.1) is 0 Å². The SMILES string of the molecule is Oc1cccc(-c2cc(O)cc(Br)c2)c1. The van der Waals surface area contributed by atoms with Gasteiger partial charge in [0, 0.05) is 4.47 Å². The van der Waals surface area contributed by atoms with Gasteiger partial charge in [-0.1, -0.05) is 28.1 Å². The Hall–Kier alpha value is -1.48. The highest BCUT2D eigenvalue weighted by Crippen LogP contribution is 2.29. The average molecular weight is 265 g/mol. The first-order valence-corrected chi connectivity index (χ1v) is 5.23. The molecule has 0 heterocycles. The van der Waals surface area contributed by atoms with Crippen molar-refractivity contribution >= 4 is 15.9 Å². The number of rotatable bonds is 1. The largest absolute Gasteiger partial charge is 0.508 e. The van der Waals surface area contributed by atoms with Gasteiger partial charge in [-0.15, -0.1) is 0 Å². The lowest BCUT2D eigenvalue weighted by molar-refractivity contribution is 0.474. The summed E-state index contributed by atoms with van der Waals surface area (Å²) in [6, 6.07) is 12.1. The van der Waals surface area contributed by atoms with E-state index in [-0.39, 0.29) is 11.5 Å². The Bertz CT molecular complexity index is 474. The molecule has 2 aromatic rings. The molecule has 0 unspecified atom stereocenters. The van der Waals surface area contributed by atoms with Crippen molar-refractivity contribution in [3.05, 3.63) is 46.9 Å². The van der Waals surface area contributed by atoms with Crippen molar-refractivity contribution in [2.24, 2.45) is 0 Å². The van der Waals surface area contributed by atoms with Gasteiger partial charge in [-0.2, -0.15) is 0 Å². The Balaban J connectivity index is 2.54. The summed E-state index contributed by atoms with van der Waals surface area (Å²) in [5, 5.41) is 18.8. The standard InChI is InChI=1S/C12H9BrO2/c13-10-4-9(6-12(15)7-10)8-2-1-3-11(14)5-8/h1-7,14-15H. The molecule has 0 bridgehead atoms. The second-order valence-corrected chi connectivity index (χ2v) is 4.16. The smallest absolute Gasteiger partial charge is 0.117 e. The zero-order valence-electron chi connectivity index (χ0n) is 7.81. The van der Waals surface area contributed by atoms with Gasteiger partial charge in [0.15, 0.2) is 0 Å². The number of benzene rings is 2. The highest BCUT2D eigenvalue weighted by atomic mass is 79.9. The lowest BCUT2D eigenvalue weighted by atomic mass is 10.1. The molecule has 0 amide bonds. The fraction of sp³-hybridized carbons (Fsp3) is 0. The highest BCUT2D eigenvalue weighted by molar-refractivity contribution is 9.10. The van der Waals surface area contributed by atoms with Crippen molar-refractivity contribution in [3.63, 3.8) is 0 Å². The zero-order valence-corrected chi connectivity index (χ0v) is 9.40. The molecule has 0 aromatic heterocycles. The third-order valence-electron chi connectivity index (χ3n) is 2.06. The van der Waals surface area contributed by atoms with Gasteiger partial charge in [0.05, 0.1) is 0 Å². The number of aromatic hydroxyl groups is 2. The van der Waals surface area contributed by atoms with Gasteiger partial charge in [-0.05, 0) is 41.5 Å². The summed E-state index contributed by atoms with van der Waals surface area (Å²) in [4.78, 5) is 0. The second kappa shape index (κ2) is 3.95. The molecule has 2 rings (SSSR count). The summed E-state index contributed by atoms with van der Waals surface area (Å²) in [6.07, 6.45) is 0. The summed E-state index contributed by atoms with van der Waals surface area (Å²) in [5.74, 6) is 0.412. The Morgan fingerprint density at radius 3 is 2.20 bits per heavy atom. The Morgan fingerprint density at radius 2 is 1.53 bits per heavy atom. The molecule has 3 heteroatoms. The summed E-state index contributed by atoms with van der Waals surface area (Å²) >= 11 is 3.31. The van der Waals surface area contributed by atoms with Gasteiger partial charge < -0.3 is 10.2 Å². The molecule has 0 saturated heterocycles. The van der Waals surface area contributed by atoms with Crippen molar-refractivity contribution in [3.8, 4) is 22.6 Å². The van der Waals surface area contributed by atoms with Crippen LogP contribution in [0.5, 0.6) is 11.5 Å². The molecular weight excluding hydrogens is 256 g/mol. The summed E-state index contributed by atoms with van der Waals surface area (Å²) < 4.78 is 0.806. The fourth-order valence-electron chi connectivity index (χ4n) is 1.43. The van der Waals surface area contributed by atoms with Gasteiger partial charge >= 0.3 is 0 Å². The number of halogens is 1. The van der Waals surface area contributed by atoms with Crippen LogP contribution in [0.25, 0.3) is 11.1 Å². The Morgan fingerprint density at radius 1 is 0.800 bits per heavy atom. The molecule has 0 saturated carbocycles. The molecule has 2 N–H and O–H groups in total. The zero-order chi connectivity index (χ0) is 10.8. The van der Waals surface area contributed by atoms with Crippen molar-refractivity contribution in [1.29, 1.82) is 0 Å². The number of phenols is 2. The van der Waals surface area contributed by atoms with Crippen LogP contribution in [0.2, 0.25) is 0 Å². The Kier molecular flexibility index (Phi) is 2.64.